The van der Waals surface area contributed by atoms with Crippen molar-refractivity contribution < 1.29 is 28.7 Å². The van der Waals surface area contributed by atoms with Crippen LogP contribution in [0, 0.1) is 39.9 Å². The second kappa shape index (κ2) is 16.1. The lowest BCUT2D eigenvalue weighted by atomic mass is 9.49. The molecule has 1 atom stereocenters. The molecule has 1 unspecified atom stereocenters. The molecule has 4 fully saturated rings. The van der Waals surface area contributed by atoms with Gasteiger partial charge in [0.25, 0.3) is 17.7 Å². The third-order valence-corrected chi connectivity index (χ3v) is 13.6. The van der Waals surface area contributed by atoms with Crippen molar-refractivity contribution in [3.63, 3.8) is 0 Å². The molecule has 3 aromatic rings. The Kier molecular flexibility index (Phi) is 11.0. The molecule has 2 N–H and O–H groups in total. The first kappa shape index (κ1) is 41.1. The SMILES string of the molecule is CC1(C)[C@H](NC(=O)c2ccc(C#CC3CCN(C4CCN(c5ccc6c(c5)C(=O)N(C5CCC(=O)NC5=O)C6=O)CC4)CC3)cc2)C(C)(C)[C@H]1Oc1ccc(C#N)c(Cl)c1. The number of anilines is 1. The van der Waals surface area contributed by atoms with Gasteiger partial charge in [-0.15, -0.1) is 0 Å². The zero-order valence-corrected chi connectivity index (χ0v) is 35.1. The van der Waals surface area contributed by atoms with Crippen molar-refractivity contribution in [2.45, 2.75) is 90.4 Å². The number of hydrogen-bond donors (Lipinski definition) is 2. The quantitative estimate of drug-likeness (QED) is 0.217. The molecule has 4 heterocycles. The number of benzene rings is 3. The fourth-order valence-corrected chi connectivity index (χ4v) is 10.5. The number of carbonyl (C=O) groups excluding carboxylic acids is 5. The minimum absolute atomic E-state index is 0.0894. The number of nitrogens with zero attached hydrogens (tertiary/aromatic N) is 4. The minimum Gasteiger partial charge on any atom is -0.489 e. The number of likely N-dealkylation sites (tertiary alicyclic amines) is 1. The Hall–Kier alpha value is -5.69. The average Bonchev–Trinajstić information content (AvgIpc) is 3.49. The number of halogens is 1. The van der Waals surface area contributed by atoms with Crippen LogP contribution in [0.2, 0.25) is 5.02 Å². The third kappa shape index (κ3) is 7.63. The first-order valence-electron chi connectivity index (χ1n) is 20.8. The number of nitriles is 1. The summed E-state index contributed by atoms with van der Waals surface area (Å²) in [6, 6.07) is 19.3. The summed E-state index contributed by atoms with van der Waals surface area (Å²) in [4.78, 5) is 69.8. The second-order valence-electron chi connectivity index (χ2n) is 17.9. The summed E-state index contributed by atoms with van der Waals surface area (Å²) < 4.78 is 6.37. The molecule has 4 aliphatic heterocycles. The molecule has 13 heteroatoms. The van der Waals surface area contributed by atoms with E-state index in [-0.39, 0.29) is 41.7 Å². The minimum atomic E-state index is -0.976. The molecule has 310 valence electrons. The molecule has 1 saturated carbocycles. The number of nitrogens with one attached hydrogen (secondary N) is 2. The fourth-order valence-electron chi connectivity index (χ4n) is 10.3. The highest BCUT2D eigenvalue weighted by atomic mass is 35.5. The predicted molar refractivity (Wildman–Crippen MR) is 225 cm³/mol. The van der Waals surface area contributed by atoms with E-state index >= 15 is 0 Å². The first-order chi connectivity index (χ1) is 28.6. The van der Waals surface area contributed by atoms with Gasteiger partial charge >= 0.3 is 0 Å². The number of hydrogen-bond acceptors (Lipinski definition) is 9. The highest BCUT2D eigenvalue weighted by Gasteiger charge is 2.64. The molecule has 5 amide bonds. The Balaban J connectivity index is 0.794. The van der Waals surface area contributed by atoms with E-state index < -0.39 is 29.7 Å². The van der Waals surface area contributed by atoms with Crippen molar-refractivity contribution in [1.82, 2.24) is 20.4 Å². The number of carbonyl (C=O) groups is 5. The van der Waals surface area contributed by atoms with E-state index in [1.807, 2.05) is 30.3 Å². The van der Waals surface area contributed by atoms with E-state index in [1.54, 1.807) is 30.3 Å². The van der Waals surface area contributed by atoms with E-state index in [0.29, 0.717) is 45.0 Å². The largest absolute Gasteiger partial charge is 0.489 e. The molecule has 5 aliphatic rings. The van der Waals surface area contributed by atoms with Crippen LogP contribution in [-0.4, -0.2) is 89.7 Å². The van der Waals surface area contributed by atoms with Gasteiger partial charge in [0.15, 0.2) is 0 Å². The first-order valence-corrected chi connectivity index (χ1v) is 21.2. The maximum Gasteiger partial charge on any atom is 0.262 e. The highest BCUT2D eigenvalue weighted by Crippen LogP contribution is 2.55. The summed E-state index contributed by atoms with van der Waals surface area (Å²) in [6.07, 6.45) is 4.00. The van der Waals surface area contributed by atoms with Crippen molar-refractivity contribution in [1.29, 1.82) is 5.26 Å². The number of piperidine rings is 3. The lowest BCUT2D eigenvalue weighted by Crippen LogP contribution is -2.74. The lowest BCUT2D eigenvalue weighted by molar-refractivity contribution is -0.164. The molecule has 8 rings (SSSR count). The standard InChI is InChI=1S/C47H49ClN6O6/c1-46(2)44(47(3,4)45(46)60-34-13-11-31(27-49)37(48)26-34)51-40(56)30-9-7-28(8-10-30)5-6-29-17-21-52(22-18-29)32-19-23-53(24-20-32)33-12-14-35-36(25-33)43(59)54(42(35)58)38-15-16-39(55)50-41(38)57/h7-14,25-26,29,32,38,44-45H,15-24H2,1-4H3,(H,51,56)(H,50,55,57)/t38?,44-,45-. The van der Waals surface area contributed by atoms with Gasteiger partial charge in [-0.2, -0.15) is 5.26 Å². The highest BCUT2D eigenvalue weighted by molar-refractivity contribution is 6.31. The topological polar surface area (TPSA) is 152 Å². The summed E-state index contributed by atoms with van der Waals surface area (Å²) in [6.45, 7) is 12.0. The van der Waals surface area contributed by atoms with Crippen molar-refractivity contribution in [3.8, 4) is 23.7 Å². The monoisotopic (exact) mass is 828 g/mol. The normalized spacial score (nSPS) is 24.1. The Morgan fingerprint density at radius 2 is 1.53 bits per heavy atom. The molecule has 12 nitrogen and oxygen atoms in total. The Labute approximate surface area is 355 Å². The number of ether oxygens (including phenoxy) is 1. The fraction of sp³-hybridized carbons (Fsp3) is 0.447. The Morgan fingerprint density at radius 3 is 2.18 bits per heavy atom. The van der Waals surface area contributed by atoms with Gasteiger partial charge in [0.1, 0.15) is 24.0 Å². The van der Waals surface area contributed by atoms with Gasteiger partial charge in [0.05, 0.1) is 21.7 Å². The molecule has 0 aromatic heterocycles. The average molecular weight is 829 g/mol. The molecule has 0 radical (unpaired) electrons. The number of fused-ring (bicyclic) bond motifs is 1. The van der Waals surface area contributed by atoms with E-state index in [1.165, 1.54) is 0 Å². The molecule has 3 saturated heterocycles. The van der Waals surface area contributed by atoms with Gasteiger partial charge in [0, 0.05) is 71.2 Å². The van der Waals surface area contributed by atoms with E-state index in [2.05, 4.69) is 66.0 Å². The summed E-state index contributed by atoms with van der Waals surface area (Å²) in [7, 11) is 0. The number of amides is 5. The van der Waals surface area contributed by atoms with Crippen LogP contribution in [0.4, 0.5) is 5.69 Å². The maximum atomic E-state index is 13.4. The van der Waals surface area contributed by atoms with Crippen LogP contribution in [-0.2, 0) is 9.59 Å². The molecular formula is C47H49ClN6O6. The predicted octanol–water partition coefficient (Wildman–Crippen LogP) is 5.96. The van der Waals surface area contributed by atoms with Gasteiger partial charge in [0.2, 0.25) is 11.8 Å². The van der Waals surface area contributed by atoms with Crippen molar-refractivity contribution in [3.05, 3.63) is 93.5 Å². The van der Waals surface area contributed by atoms with Crippen molar-refractivity contribution in [2.24, 2.45) is 16.7 Å². The summed E-state index contributed by atoms with van der Waals surface area (Å²) in [5, 5.41) is 15.1. The number of rotatable bonds is 7. The van der Waals surface area contributed by atoms with Gasteiger partial charge in [-0.1, -0.05) is 51.1 Å². The van der Waals surface area contributed by atoms with E-state index in [0.717, 1.165) is 68.0 Å². The Bertz CT molecular complexity index is 2340. The van der Waals surface area contributed by atoms with Crippen LogP contribution in [0.3, 0.4) is 0 Å². The number of imide groups is 2. The van der Waals surface area contributed by atoms with E-state index in [9.17, 15) is 29.2 Å². The van der Waals surface area contributed by atoms with Gasteiger partial charge in [-0.25, -0.2) is 0 Å². The van der Waals surface area contributed by atoms with Gasteiger partial charge in [-0.3, -0.25) is 34.2 Å². The van der Waals surface area contributed by atoms with Crippen LogP contribution >= 0.6 is 11.6 Å². The molecule has 3 aromatic carbocycles. The van der Waals surface area contributed by atoms with Crippen molar-refractivity contribution in [2.75, 3.05) is 31.1 Å². The second-order valence-corrected chi connectivity index (χ2v) is 18.3. The van der Waals surface area contributed by atoms with Gasteiger partial charge < -0.3 is 19.9 Å². The zero-order chi connectivity index (χ0) is 42.5. The summed E-state index contributed by atoms with van der Waals surface area (Å²) in [5.74, 6) is 5.60. The van der Waals surface area contributed by atoms with Crippen LogP contribution in [0.25, 0.3) is 0 Å². The summed E-state index contributed by atoms with van der Waals surface area (Å²) in [5.41, 5.74) is 2.61. The van der Waals surface area contributed by atoms with E-state index in [4.69, 9.17) is 16.3 Å². The third-order valence-electron chi connectivity index (χ3n) is 13.3. The van der Waals surface area contributed by atoms with Crippen LogP contribution in [0.15, 0.2) is 60.7 Å². The van der Waals surface area contributed by atoms with Crippen molar-refractivity contribution >= 4 is 46.8 Å². The lowest BCUT2D eigenvalue weighted by Gasteiger charge is -2.63. The zero-order valence-electron chi connectivity index (χ0n) is 34.3. The van der Waals surface area contributed by atoms with Crippen LogP contribution < -0.4 is 20.3 Å². The molecule has 0 spiro atoms. The molecule has 0 bridgehead atoms. The van der Waals surface area contributed by atoms with Gasteiger partial charge in [-0.05, 0) is 99.8 Å². The van der Waals surface area contributed by atoms with Crippen LogP contribution in [0.1, 0.15) is 108 Å². The molecule has 1 aliphatic carbocycles. The smallest absolute Gasteiger partial charge is 0.262 e. The van der Waals surface area contributed by atoms with Crippen LogP contribution in [0.5, 0.6) is 5.75 Å². The Morgan fingerprint density at radius 1 is 0.850 bits per heavy atom. The molecular weight excluding hydrogens is 780 g/mol. The maximum absolute atomic E-state index is 13.4. The molecule has 60 heavy (non-hydrogen) atoms. The summed E-state index contributed by atoms with van der Waals surface area (Å²) >= 11 is 6.24.